The summed E-state index contributed by atoms with van der Waals surface area (Å²) < 4.78 is 11.4. The summed E-state index contributed by atoms with van der Waals surface area (Å²) in [6, 6.07) is 0. The van der Waals surface area contributed by atoms with Crippen molar-refractivity contribution >= 4 is 11.9 Å². The lowest BCUT2D eigenvalue weighted by atomic mass is 9.65. The van der Waals surface area contributed by atoms with E-state index in [-0.39, 0.29) is 23.8 Å². The van der Waals surface area contributed by atoms with E-state index >= 15 is 0 Å². The number of allylic oxidation sites excluding steroid dienone is 4. The SMILES string of the molecule is O=C(OCC1CC=CCC1)C1CCC2CC(C(=O)OCC3CC=CCC3)CCC2C1. The van der Waals surface area contributed by atoms with E-state index in [9.17, 15) is 9.59 Å². The van der Waals surface area contributed by atoms with Gasteiger partial charge in [-0.2, -0.15) is 0 Å². The summed E-state index contributed by atoms with van der Waals surface area (Å²) in [7, 11) is 0. The van der Waals surface area contributed by atoms with Crippen molar-refractivity contribution < 1.29 is 19.1 Å². The first-order chi connectivity index (χ1) is 14.7. The lowest BCUT2D eigenvalue weighted by Crippen LogP contribution is -2.37. The van der Waals surface area contributed by atoms with Crippen LogP contribution < -0.4 is 0 Å². The van der Waals surface area contributed by atoms with E-state index in [1.54, 1.807) is 0 Å². The minimum atomic E-state index is 0.0195. The van der Waals surface area contributed by atoms with Crippen molar-refractivity contribution in [2.24, 2.45) is 35.5 Å². The Balaban J connectivity index is 1.17. The van der Waals surface area contributed by atoms with Crippen LogP contribution in [-0.2, 0) is 19.1 Å². The molecule has 0 aliphatic heterocycles. The summed E-state index contributed by atoms with van der Waals surface area (Å²) in [6.45, 7) is 1.16. The molecule has 0 aromatic rings. The standard InChI is InChI=1S/C26H38O4/c27-25(29-17-19-7-3-1-4-8-19)23-13-11-22-16-24(14-12-21(22)15-23)26(28)30-18-20-9-5-2-6-10-20/h1-3,5,19-24H,4,6-18H2. The zero-order chi connectivity index (χ0) is 20.8. The molecule has 166 valence electrons. The predicted molar refractivity (Wildman–Crippen MR) is 117 cm³/mol. The summed E-state index contributed by atoms with van der Waals surface area (Å²) in [5, 5.41) is 0. The summed E-state index contributed by atoms with van der Waals surface area (Å²) >= 11 is 0. The highest BCUT2D eigenvalue weighted by atomic mass is 16.5. The van der Waals surface area contributed by atoms with Gasteiger partial charge in [-0.25, -0.2) is 0 Å². The molecule has 4 heteroatoms. The molecule has 4 aliphatic rings. The van der Waals surface area contributed by atoms with Crippen molar-refractivity contribution in [3.63, 3.8) is 0 Å². The van der Waals surface area contributed by atoms with Crippen molar-refractivity contribution in [1.29, 1.82) is 0 Å². The van der Waals surface area contributed by atoms with Crippen LogP contribution >= 0.6 is 0 Å². The number of fused-ring (bicyclic) bond motifs is 1. The van der Waals surface area contributed by atoms with E-state index < -0.39 is 0 Å². The Morgan fingerprint density at radius 2 is 1.10 bits per heavy atom. The first-order valence-electron chi connectivity index (χ1n) is 12.3. The van der Waals surface area contributed by atoms with E-state index in [0.717, 1.165) is 77.0 Å². The van der Waals surface area contributed by atoms with E-state index in [0.29, 0.717) is 36.9 Å². The van der Waals surface area contributed by atoms with Crippen LogP contribution in [0.15, 0.2) is 24.3 Å². The topological polar surface area (TPSA) is 52.6 Å². The number of esters is 2. The van der Waals surface area contributed by atoms with Gasteiger partial charge in [0.25, 0.3) is 0 Å². The first-order valence-corrected chi connectivity index (χ1v) is 12.3. The van der Waals surface area contributed by atoms with Crippen molar-refractivity contribution in [2.45, 2.75) is 77.0 Å². The maximum atomic E-state index is 12.6. The molecular formula is C26H38O4. The highest BCUT2D eigenvalue weighted by Gasteiger charge is 2.40. The van der Waals surface area contributed by atoms with Gasteiger partial charge in [-0.3, -0.25) is 9.59 Å². The van der Waals surface area contributed by atoms with Gasteiger partial charge in [0.15, 0.2) is 0 Å². The number of carbonyl (C=O) groups excluding carboxylic acids is 2. The Kier molecular flexibility index (Phi) is 7.67. The summed E-state index contributed by atoms with van der Waals surface area (Å²) in [4.78, 5) is 25.2. The molecule has 2 fully saturated rings. The summed E-state index contributed by atoms with van der Waals surface area (Å²) in [5.41, 5.74) is 0. The molecular weight excluding hydrogens is 376 g/mol. The molecule has 30 heavy (non-hydrogen) atoms. The monoisotopic (exact) mass is 414 g/mol. The maximum absolute atomic E-state index is 12.6. The molecule has 0 saturated heterocycles. The lowest BCUT2D eigenvalue weighted by Gasteiger charge is -2.40. The third-order valence-electron chi connectivity index (χ3n) is 7.96. The minimum Gasteiger partial charge on any atom is -0.465 e. The maximum Gasteiger partial charge on any atom is 0.308 e. The van der Waals surface area contributed by atoms with E-state index in [1.165, 1.54) is 0 Å². The quantitative estimate of drug-likeness (QED) is 0.418. The Bertz CT molecular complexity index is 595. The highest BCUT2D eigenvalue weighted by molar-refractivity contribution is 5.73. The number of hydrogen-bond acceptors (Lipinski definition) is 4. The fourth-order valence-electron chi connectivity index (χ4n) is 5.97. The average molecular weight is 415 g/mol. The Labute approximate surface area is 181 Å². The number of ether oxygens (including phenoxy) is 2. The van der Waals surface area contributed by atoms with Crippen LogP contribution in [0.3, 0.4) is 0 Å². The highest BCUT2D eigenvalue weighted by Crippen LogP contribution is 2.45. The number of carbonyl (C=O) groups is 2. The van der Waals surface area contributed by atoms with E-state index in [1.807, 2.05) is 0 Å². The molecule has 6 atom stereocenters. The van der Waals surface area contributed by atoms with Crippen LogP contribution in [0.1, 0.15) is 77.0 Å². The molecule has 4 aliphatic carbocycles. The van der Waals surface area contributed by atoms with Gasteiger partial charge in [-0.1, -0.05) is 24.3 Å². The molecule has 0 radical (unpaired) electrons. The van der Waals surface area contributed by atoms with Crippen LogP contribution in [0.5, 0.6) is 0 Å². The van der Waals surface area contributed by atoms with Crippen LogP contribution in [-0.4, -0.2) is 25.2 Å². The summed E-state index contributed by atoms with van der Waals surface area (Å²) in [6.07, 6.45) is 21.3. The fraction of sp³-hybridized carbons (Fsp3) is 0.769. The van der Waals surface area contributed by atoms with Gasteiger partial charge in [-0.15, -0.1) is 0 Å². The van der Waals surface area contributed by atoms with Gasteiger partial charge in [0.05, 0.1) is 25.0 Å². The number of hydrogen-bond donors (Lipinski definition) is 0. The van der Waals surface area contributed by atoms with Crippen molar-refractivity contribution in [3.05, 3.63) is 24.3 Å². The second-order valence-corrected chi connectivity index (χ2v) is 10.1. The Morgan fingerprint density at radius 1 is 0.633 bits per heavy atom. The number of rotatable bonds is 6. The molecule has 0 spiro atoms. The van der Waals surface area contributed by atoms with Gasteiger partial charge < -0.3 is 9.47 Å². The van der Waals surface area contributed by atoms with Crippen molar-refractivity contribution in [1.82, 2.24) is 0 Å². The van der Waals surface area contributed by atoms with E-state index in [4.69, 9.17) is 9.47 Å². The first kappa shape index (κ1) is 21.6. The van der Waals surface area contributed by atoms with Gasteiger partial charge in [0.2, 0.25) is 0 Å². The van der Waals surface area contributed by atoms with Crippen LogP contribution in [0.2, 0.25) is 0 Å². The van der Waals surface area contributed by atoms with E-state index in [2.05, 4.69) is 24.3 Å². The normalized spacial score (nSPS) is 36.0. The molecule has 0 aromatic heterocycles. The average Bonchev–Trinajstić information content (AvgIpc) is 2.81. The van der Waals surface area contributed by atoms with Crippen molar-refractivity contribution in [2.75, 3.05) is 13.2 Å². The fourth-order valence-corrected chi connectivity index (χ4v) is 5.97. The van der Waals surface area contributed by atoms with Gasteiger partial charge in [0.1, 0.15) is 0 Å². The third-order valence-corrected chi connectivity index (χ3v) is 7.96. The third kappa shape index (κ3) is 5.76. The lowest BCUT2D eigenvalue weighted by molar-refractivity contribution is -0.156. The van der Waals surface area contributed by atoms with Crippen LogP contribution in [0.4, 0.5) is 0 Å². The molecule has 0 N–H and O–H groups in total. The molecule has 4 nitrogen and oxygen atoms in total. The van der Waals surface area contributed by atoms with Gasteiger partial charge in [0, 0.05) is 0 Å². The Hall–Kier alpha value is -1.58. The molecule has 6 unspecified atom stereocenters. The van der Waals surface area contributed by atoms with Gasteiger partial charge in [-0.05, 0) is 101 Å². The second kappa shape index (κ2) is 10.6. The molecule has 2 saturated carbocycles. The van der Waals surface area contributed by atoms with Crippen LogP contribution in [0, 0.1) is 35.5 Å². The van der Waals surface area contributed by atoms with Crippen molar-refractivity contribution in [3.8, 4) is 0 Å². The molecule has 0 bridgehead atoms. The Morgan fingerprint density at radius 3 is 1.50 bits per heavy atom. The summed E-state index contributed by atoms with van der Waals surface area (Å²) in [5.74, 6) is 2.31. The molecule has 0 heterocycles. The zero-order valence-corrected chi connectivity index (χ0v) is 18.3. The molecule has 4 rings (SSSR count). The zero-order valence-electron chi connectivity index (χ0n) is 18.3. The van der Waals surface area contributed by atoms with Crippen LogP contribution in [0.25, 0.3) is 0 Å². The molecule has 0 amide bonds. The smallest absolute Gasteiger partial charge is 0.308 e. The molecule has 0 aromatic carbocycles. The predicted octanol–water partition coefficient (Wildman–Crippen LogP) is 5.62. The minimum absolute atomic E-state index is 0.0195. The van der Waals surface area contributed by atoms with Gasteiger partial charge >= 0.3 is 11.9 Å². The largest absolute Gasteiger partial charge is 0.465 e. The second-order valence-electron chi connectivity index (χ2n) is 10.1.